The Morgan fingerprint density at radius 3 is 2.67 bits per heavy atom. The van der Waals surface area contributed by atoms with Crippen LogP contribution in [-0.4, -0.2) is 3.84 Å². The third kappa shape index (κ3) is 7.68. The average Bonchev–Trinajstić information content (AvgIpc) is 1.80. The van der Waals surface area contributed by atoms with E-state index in [9.17, 15) is 0 Å². The van der Waals surface area contributed by atoms with Gasteiger partial charge < -0.3 is 5.73 Å². The highest BCUT2D eigenvalue weighted by Crippen LogP contribution is 1.83. The largest absolute Gasteiger partial charge is 0.379 e. The number of nitrogens with two attached hydrogens (primary N) is 1. The summed E-state index contributed by atoms with van der Waals surface area (Å²) in [5, 5.41) is 0. The van der Waals surface area contributed by atoms with Gasteiger partial charge in [-0.3, -0.25) is 0 Å². The second-order valence-corrected chi connectivity index (χ2v) is 2.42. The molecule has 0 amide bonds. The molecule has 0 saturated carbocycles. The first-order valence-corrected chi connectivity index (χ1v) is 3.62. The first-order chi connectivity index (χ1) is 4.27. The topological polar surface area (TPSA) is 38.4 Å². The van der Waals surface area contributed by atoms with Crippen molar-refractivity contribution >= 4 is 26.4 Å². The van der Waals surface area contributed by atoms with Crippen LogP contribution in [0.1, 0.15) is 6.92 Å². The molecular weight excluding hydrogens is 227 g/mol. The van der Waals surface area contributed by atoms with Gasteiger partial charge in [-0.15, -0.1) is 0 Å². The molecule has 9 heavy (non-hydrogen) atoms. The van der Waals surface area contributed by atoms with Gasteiger partial charge >= 0.3 is 0 Å². The molecule has 3 heteroatoms. The van der Waals surface area contributed by atoms with Crippen molar-refractivity contribution in [1.82, 2.24) is 0 Å². The van der Waals surface area contributed by atoms with Crippen LogP contribution in [0, 0.1) is 0 Å². The summed E-state index contributed by atoms with van der Waals surface area (Å²) in [6.45, 7) is 1.95. The lowest BCUT2D eigenvalue weighted by Crippen LogP contribution is -1.98. The van der Waals surface area contributed by atoms with Gasteiger partial charge in [-0.05, 0) is 35.6 Å². The minimum atomic E-state index is 0.549. The van der Waals surface area contributed by atoms with E-state index in [1.165, 1.54) is 0 Å². The van der Waals surface area contributed by atoms with Gasteiger partial charge in [0.25, 0.3) is 0 Å². The van der Waals surface area contributed by atoms with Crippen LogP contribution in [0.15, 0.2) is 29.4 Å². The number of rotatable bonds is 2. The van der Waals surface area contributed by atoms with Crippen LogP contribution in [0.4, 0.5) is 0 Å². The summed E-state index contributed by atoms with van der Waals surface area (Å²) in [6, 6.07) is 0. The second-order valence-electron chi connectivity index (χ2n) is 1.32. The number of amidine groups is 1. The van der Waals surface area contributed by atoms with Crippen LogP contribution in [0.2, 0.25) is 0 Å². The third-order valence-corrected chi connectivity index (χ3v) is 0.866. The highest BCUT2D eigenvalue weighted by molar-refractivity contribution is 14.1. The fourth-order valence-corrected chi connectivity index (χ4v) is 0.436. The standard InChI is InChI=1S/C6H9IN2/c1-2-3-4-5-9-6(7)8/h2-5H,1H3,(H2,8,9)/b3-2-,5-4-. The number of hydrogen-bond acceptors (Lipinski definition) is 1. The minimum Gasteiger partial charge on any atom is -0.379 e. The molecule has 2 N–H and O–H groups in total. The Morgan fingerprint density at radius 1 is 1.56 bits per heavy atom. The van der Waals surface area contributed by atoms with E-state index >= 15 is 0 Å². The van der Waals surface area contributed by atoms with E-state index < -0.39 is 0 Å². The lowest BCUT2D eigenvalue weighted by atomic mass is 10.5. The van der Waals surface area contributed by atoms with Gasteiger partial charge in [-0.2, -0.15) is 0 Å². The number of nitrogens with zero attached hydrogens (tertiary/aromatic N) is 1. The zero-order valence-electron chi connectivity index (χ0n) is 5.21. The second kappa shape index (κ2) is 5.81. The number of aliphatic imine (C=N–C) groups is 1. The van der Waals surface area contributed by atoms with E-state index in [4.69, 9.17) is 5.73 Å². The third-order valence-electron chi connectivity index (χ3n) is 0.587. The molecule has 0 bridgehead atoms. The molecule has 0 aliphatic heterocycles. The van der Waals surface area contributed by atoms with Crippen molar-refractivity contribution in [3.05, 3.63) is 24.4 Å². The molecule has 0 atom stereocenters. The first kappa shape index (κ1) is 8.68. The molecule has 0 aromatic carbocycles. The van der Waals surface area contributed by atoms with E-state index in [0.717, 1.165) is 0 Å². The van der Waals surface area contributed by atoms with Crippen LogP contribution in [0.3, 0.4) is 0 Å². The molecule has 0 fully saturated rings. The van der Waals surface area contributed by atoms with E-state index in [-0.39, 0.29) is 0 Å². The Morgan fingerprint density at radius 2 is 2.22 bits per heavy atom. The summed E-state index contributed by atoms with van der Waals surface area (Å²) >= 11 is 1.95. The van der Waals surface area contributed by atoms with Gasteiger partial charge in [0.1, 0.15) is 0 Å². The van der Waals surface area contributed by atoms with E-state index in [2.05, 4.69) is 4.99 Å². The van der Waals surface area contributed by atoms with Crippen molar-refractivity contribution in [2.24, 2.45) is 10.7 Å². The van der Waals surface area contributed by atoms with E-state index in [1.807, 2.05) is 47.7 Å². The maximum atomic E-state index is 5.24. The molecule has 0 aromatic rings. The van der Waals surface area contributed by atoms with Crippen molar-refractivity contribution in [3.8, 4) is 0 Å². The maximum absolute atomic E-state index is 5.24. The number of hydrogen-bond donors (Lipinski definition) is 1. The zero-order valence-corrected chi connectivity index (χ0v) is 7.37. The van der Waals surface area contributed by atoms with Crippen LogP contribution in [0.25, 0.3) is 0 Å². The molecule has 0 aliphatic carbocycles. The fourth-order valence-electron chi connectivity index (χ4n) is 0.275. The molecule has 0 rings (SSSR count). The van der Waals surface area contributed by atoms with Gasteiger partial charge in [0, 0.05) is 6.20 Å². The maximum Gasteiger partial charge on any atom is 0.161 e. The lowest BCUT2D eigenvalue weighted by molar-refractivity contribution is 1.54. The van der Waals surface area contributed by atoms with Gasteiger partial charge in [0.15, 0.2) is 3.84 Å². The zero-order chi connectivity index (χ0) is 7.11. The molecule has 0 aliphatic rings. The minimum absolute atomic E-state index is 0.549. The summed E-state index contributed by atoms with van der Waals surface area (Å²) in [7, 11) is 0. The SMILES string of the molecule is C/C=C\C=C/N=C(N)I. The Labute approximate surface area is 68.7 Å². The highest BCUT2D eigenvalue weighted by Gasteiger charge is 1.70. The van der Waals surface area contributed by atoms with E-state index in [1.54, 1.807) is 6.20 Å². The van der Waals surface area contributed by atoms with Crippen LogP contribution in [0.5, 0.6) is 0 Å². The monoisotopic (exact) mass is 236 g/mol. The molecular formula is C6H9IN2. The molecule has 0 unspecified atom stereocenters. The van der Waals surface area contributed by atoms with Crippen molar-refractivity contribution in [2.75, 3.05) is 0 Å². The summed E-state index contributed by atoms with van der Waals surface area (Å²) in [5.41, 5.74) is 5.24. The predicted octanol–water partition coefficient (Wildman–Crippen LogP) is 1.83. The van der Waals surface area contributed by atoms with Crippen molar-refractivity contribution in [3.63, 3.8) is 0 Å². The van der Waals surface area contributed by atoms with Crippen LogP contribution in [-0.2, 0) is 0 Å². The number of allylic oxidation sites excluding steroid dienone is 3. The number of halogens is 1. The van der Waals surface area contributed by atoms with Crippen molar-refractivity contribution in [1.29, 1.82) is 0 Å². The van der Waals surface area contributed by atoms with Crippen molar-refractivity contribution in [2.45, 2.75) is 6.92 Å². The molecule has 50 valence electrons. The van der Waals surface area contributed by atoms with Gasteiger partial charge in [0.05, 0.1) is 0 Å². The molecule has 0 heterocycles. The Balaban J connectivity index is 3.60. The Bertz CT molecular complexity index is 143. The van der Waals surface area contributed by atoms with Gasteiger partial charge in [-0.1, -0.05) is 12.2 Å². The highest BCUT2D eigenvalue weighted by atomic mass is 127. The quantitative estimate of drug-likeness (QED) is 0.256. The molecule has 0 aromatic heterocycles. The lowest BCUT2D eigenvalue weighted by Gasteiger charge is -1.78. The molecule has 0 radical (unpaired) electrons. The summed E-state index contributed by atoms with van der Waals surface area (Å²) in [4.78, 5) is 3.81. The summed E-state index contributed by atoms with van der Waals surface area (Å²) < 4.78 is 0.549. The predicted molar refractivity (Wildman–Crippen MR) is 49.6 cm³/mol. The van der Waals surface area contributed by atoms with Gasteiger partial charge in [-0.25, -0.2) is 4.99 Å². The molecule has 2 nitrogen and oxygen atoms in total. The van der Waals surface area contributed by atoms with Crippen LogP contribution >= 0.6 is 22.6 Å². The smallest absolute Gasteiger partial charge is 0.161 e. The normalized spacial score (nSPS) is 13.8. The van der Waals surface area contributed by atoms with Crippen LogP contribution < -0.4 is 5.73 Å². The summed E-state index contributed by atoms with van der Waals surface area (Å²) in [6.07, 6.45) is 7.30. The summed E-state index contributed by atoms with van der Waals surface area (Å²) in [5.74, 6) is 0. The van der Waals surface area contributed by atoms with E-state index in [0.29, 0.717) is 3.84 Å². The Hall–Kier alpha value is -0.320. The first-order valence-electron chi connectivity index (χ1n) is 2.54. The average molecular weight is 236 g/mol. The van der Waals surface area contributed by atoms with Crippen molar-refractivity contribution < 1.29 is 0 Å². The fraction of sp³-hybridized carbons (Fsp3) is 0.167. The molecule has 0 saturated heterocycles. The van der Waals surface area contributed by atoms with Gasteiger partial charge in [0.2, 0.25) is 0 Å². The Kier molecular flexibility index (Phi) is 5.60. The molecule has 0 spiro atoms.